The van der Waals surface area contributed by atoms with Crippen LogP contribution in [-0.4, -0.2) is 52.9 Å². The van der Waals surface area contributed by atoms with Crippen molar-refractivity contribution >= 4 is 17.3 Å². The Morgan fingerprint density at radius 3 is 2.57 bits per heavy atom. The van der Waals surface area contributed by atoms with Crippen LogP contribution in [0, 0.1) is 12.3 Å². The largest absolute Gasteiger partial charge is 0.463 e. The Morgan fingerprint density at radius 2 is 2.03 bits per heavy atom. The number of aryl methyl sites for hydroxylation is 1. The molecule has 0 unspecified atom stereocenters. The van der Waals surface area contributed by atoms with Crippen molar-refractivity contribution in [3.05, 3.63) is 11.4 Å². The first-order chi connectivity index (χ1) is 14.0. The summed E-state index contributed by atoms with van der Waals surface area (Å²) in [6.07, 6.45) is -0.246. The summed E-state index contributed by atoms with van der Waals surface area (Å²) in [5.74, 6) is 4.10. The summed E-state index contributed by atoms with van der Waals surface area (Å²) in [6.45, 7) is 7.98. The summed E-state index contributed by atoms with van der Waals surface area (Å²) < 4.78 is 38.3. The molecule has 3 N–H and O–H groups in total. The number of nitrogens with one attached hydrogen (secondary N) is 1. The van der Waals surface area contributed by atoms with Gasteiger partial charge in [0, 0.05) is 20.0 Å². The van der Waals surface area contributed by atoms with Gasteiger partial charge in [0.2, 0.25) is 0 Å². The summed E-state index contributed by atoms with van der Waals surface area (Å²) >= 11 is 0. The van der Waals surface area contributed by atoms with E-state index in [1.54, 1.807) is 14.0 Å². The molecule has 2 aromatic rings. The number of rotatable bonds is 7. The molecule has 0 saturated carbocycles. The Bertz CT molecular complexity index is 884. The van der Waals surface area contributed by atoms with Crippen molar-refractivity contribution < 1.29 is 18.1 Å². The maximum atomic E-state index is 13.9. The van der Waals surface area contributed by atoms with Crippen LogP contribution < -0.4 is 25.8 Å². The highest BCUT2D eigenvalue weighted by Gasteiger charge is 2.40. The number of anilines is 3. The number of hydrogen-bond acceptors (Lipinski definition) is 10. The minimum absolute atomic E-state index is 0.0644. The minimum atomic E-state index is -2.78. The lowest BCUT2D eigenvalue weighted by atomic mass is 9.99. The standard InChI is InChI=1S/C18H28F2N8O2/c1-11-12(26-30-25-11)8-28(21)15-13(22-5)14(27-7-6-18(19,20)9-27)23-16(24-15)29-10-17(2,3)4/h22H,6-10,21H2,1-5H3. The Kier molecular flexibility index (Phi) is 5.97. The van der Waals surface area contributed by atoms with Crippen molar-refractivity contribution in [2.24, 2.45) is 11.3 Å². The van der Waals surface area contributed by atoms with Crippen LogP contribution in [0.3, 0.4) is 0 Å². The van der Waals surface area contributed by atoms with Crippen molar-refractivity contribution in [2.45, 2.75) is 46.6 Å². The highest BCUT2D eigenvalue weighted by atomic mass is 19.3. The van der Waals surface area contributed by atoms with Gasteiger partial charge >= 0.3 is 6.01 Å². The molecule has 12 heteroatoms. The molecule has 1 aliphatic rings. The van der Waals surface area contributed by atoms with Gasteiger partial charge < -0.3 is 15.0 Å². The maximum absolute atomic E-state index is 13.9. The molecule has 1 fully saturated rings. The van der Waals surface area contributed by atoms with Crippen LogP contribution in [0.15, 0.2) is 4.63 Å². The number of hydrazine groups is 1. The third-order valence-electron chi connectivity index (χ3n) is 4.54. The molecular formula is C18H28F2N8O2. The predicted octanol–water partition coefficient (Wildman–Crippen LogP) is 2.36. The molecule has 0 aliphatic carbocycles. The molecule has 1 aliphatic heterocycles. The average molecular weight is 426 g/mol. The van der Waals surface area contributed by atoms with Gasteiger partial charge in [-0.25, -0.2) is 19.3 Å². The van der Waals surface area contributed by atoms with Crippen LogP contribution in [-0.2, 0) is 6.54 Å². The summed E-state index contributed by atoms with van der Waals surface area (Å²) in [5, 5.41) is 11.9. The van der Waals surface area contributed by atoms with Crippen molar-refractivity contribution in [2.75, 3.05) is 42.0 Å². The normalized spacial score (nSPS) is 16.1. The van der Waals surface area contributed by atoms with Crippen molar-refractivity contribution in [3.8, 4) is 6.01 Å². The summed E-state index contributed by atoms with van der Waals surface area (Å²) in [5.41, 5.74) is 1.41. The van der Waals surface area contributed by atoms with E-state index in [-0.39, 0.29) is 30.9 Å². The fraction of sp³-hybridized carbons (Fsp3) is 0.667. The van der Waals surface area contributed by atoms with Crippen molar-refractivity contribution in [3.63, 3.8) is 0 Å². The molecule has 3 heterocycles. The number of nitrogens with zero attached hydrogens (tertiary/aromatic N) is 6. The van der Waals surface area contributed by atoms with Crippen LogP contribution in [0.4, 0.5) is 26.1 Å². The average Bonchev–Trinajstić information content (AvgIpc) is 3.23. The number of ether oxygens (including phenoxy) is 1. The Morgan fingerprint density at radius 1 is 1.30 bits per heavy atom. The Balaban J connectivity index is 1.99. The first-order valence-electron chi connectivity index (χ1n) is 9.65. The molecule has 0 amide bonds. The second-order valence-electron chi connectivity index (χ2n) is 8.58. The van der Waals surface area contributed by atoms with Crippen LogP contribution in [0.1, 0.15) is 38.6 Å². The van der Waals surface area contributed by atoms with Crippen LogP contribution >= 0.6 is 0 Å². The maximum Gasteiger partial charge on any atom is 0.320 e. The first kappa shape index (κ1) is 21.9. The molecule has 0 bridgehead atoms. The Labute approximate surface area is 173 Å². The van der Waals surface area contributed by atoms with Gasteiger partial charge in [0.05, 0.1) is 19.7 Å². The van der Waals surface area contributed by atoms with E-state index < -0.39 is 12.5 Å². The fourth-order valence-electron chi connectivity index (χ4n) is 2.97. The quantitative estimate of drug-likeness (QED) is 0.504. The van der Waals surface area contributed by atoms with Gasteiger partial charge in [-0.15, -0.1) is 0 Å². The van der Waals surface area contributed by atoms with Crippen molar-refractivity contribution in [1.29, 1.82) is 0 Å². The van der Waals surface area contributed by atoms with Crippen LogP contribution in [0.5, 0.6) is 6.01 Å². The lowest BCUT2D eigenvalue weighted by Gasteiger charge is -2.26. The third kappa shape index (κ3) is 5.04. The van der Waals surface area contributed by atoms with Crippen molar-refractivity contribution in [1.82, 2.24) is 20.3 Å². The van der Waals surface area contributed by atoms with Gasteiger partial charge in [-0.3, -0.25) is 5.01 Å². The number of hydrogen-bond donors (Lipinski definition) is 2. The molecule has 166 valence electrons. The van der Waals surface area contributed by atoms with Gasteiger partial charge in [0.25, 0.3) is 5.92 Å². The van der Waals surface area contributed by atoms with E-state index in [2.05, 4.69) is 25.6 Å². The topological polar surface area (TPSA) is 118 Å². The number of alkyl halides is 2. The van der Waals surface area contributed by atoms with E-state index in [0.717, 1.165) is 0 Å². The first-order valence-corrected chi connectivity index (χ1v) is 9.65. The van der Waals surface area contributed by atoms with E-state index in [9.17, 15) is 8.78 Å². The fourth-order valence-corrected chi connectivity index (χ4v) is 2.97. The van der Waals surface area contributed by atoms with E-state index >= 15 is 0 Å². The summed E-state index contributed by atoms with van der Waals surface area (Å²) in [7, 11) is 1.66. The SMILES string of the molecule is CNc1c(N(N)Cc2nonc2C)nc(OCC(C)(C)C)nc1N1CCC(F)(F)C1. The lowest BCUT2D eigenvalue weighted by molar-refractivity contribution is 0.0256. The minimum Gasteiger partial charge on any atom is -0.463 e. The predicted molar refractivity (Wildman–Crippen MR) is 108 cm³/mol. The van der Waals surface area contributed by atoms with E-state index in [4.69, 9.17) is 15.2 Å². The third-order valence-corrected chi connectivity index (χ3v) is 4.54. The molecule has 0 radical (unpaired) electrons. The molecular weight excluding hydrogens is 398 g/mol. The van der Waals surface area contributed by atoms with Gasteiger partial charge in [-0.2, -0.15) is 9.97 Å². The van der Waals surface area contributed by atoms with Gasteiger partial charge in [0.15, 0.2) is 11.6 Å². The molecule has 1 saturated heterocycles. The molecule has 0 aromatic carbocycles. The molecule has 0 spiro atoms. The zero-order valence-corrected chi connectivity index (χ0v) is 17.9. The highest BCUT2D eigenvalue weighted by molar-refractivity contribution is 5.79. The number of halogens is 2. The molecule has 10 nitrogen and oxygen atoms in total. The number of nitrogens with two attached hydrogens (primary N) is 1. The molecule has 2 aromatic heterocycles. The van der Waals surface area contributed by atoms with Gasteiger partial charge in [0.1, 0.15) is 17.1 Å². The van der Waals surface area contributed by atoms with E-state index in [1.165, 1.54) is 9.91 Å². The van der Waals surface area contributed by atoms with Crippen LogP contribution in [0.25, 0.3) is 0 Å². The monoisotopic (exact) mass is 426 g/mol. The molecule has 3 rings (SSSR count). The summed E-state index contributed by atoms with van der Waals surface area (Å²) in [6, 6.07) is 0.0644. The summed E-state index contributed by atoms with van der Waals surface area (Å²) in [4.78, 5) is 10.4. The van der Waals surface area contributed by atoms with E-state index in [0.29, 0.717) is 35.3 Å². The number of aromatic nitrogens is 4. The zero-order chi connectivity index (χ0) is 22.1. The molecule has 0 atom stereocenters. The molecule has 30 heavy (non-hydrogen) atoms. The highest BCUT2D eigenvalue weighted by Crippen LogP contribution is 2.38. The van der Waals surface area contributed by atoms with E-state index in [1.807, 2.05) is 20.8 Å². The second-order valence-corrected chi connectivity index (χ2v) is 8.58. The smallest absolute Gasteiger partial charge is 0.320 e. The second kappa shape index (κ2) is 8.17. The van der Waals surface area contributed by atoms with Gasteiger partial charge in [-0.05, 0) is 12.3 Å². The Hall–Kier alpha value is -2.76. The van der Waals surface area contributed by atoms with Gasteiger partial charge in [-0.1, -0.05) is 31.1 Å². The van der Waals surface area contributed by atoms with Crippen LogP contribution in [0.2, 0.25) is 0 Å². The zero-order valence-electron chi connectivity index (χ0n) is 17.9. The lowest BCUT2D eigenvalue weighted by Crippen LogP contribution is -2.34.